The first kappa shape index (κ1) is 24.6. The Morgan fingerprint density at radius 1 is 1.10 bits per heavy atom. The van der Waals surface area contributed by atoms with E-state index in [2.05, 4.69) is 25.3 Å². The highest BCUT2D eigenvalue weighted by molar-refractivity contribution is 14.0. The molecule has 1 heterocycles. The van der Waals surface area contributed by atoms with Crippen molar-refractivity contribution in [3.63, 3.8) is 0 Å². The van der Waals surface area contributed by atoms with Gasteiger partial charge in [-0.2, -0.15) is 0 Å². The summed E-state index contributed by atoms with van der Waals surface area (Å²) in [4.78, 5) is 19.5. The third-order valence-electron chi connectivity index (χ3n) is 4.88. The maximum absolute atomic E-state index is 14.0. The van der Waals surface area contributed by atoms with E-state index in [4.69, 9.17) is 0 Å². The molecule has 0 atom stereocenters. The van der Waals surface area contributed by atoms with Crippen LogP contribution in [0.3, 0.4) is 0 Å². The van der Waals surface area contributed by atoms with E-state index < -0.39 is 17.7 Å². The third-order valence-corrected chi connectivity index (χ3v) is 4.88. The number of guanidine groups is 1. The Hall–Kier alpha value is -2.63. The zero-order valence-electron chi connectivity index (χ0n) is 17.4. The lowest BCUT2D eigenvalue weighted by Crippen LogP contribution is -2.52. The van der Waals surface area contributed by atoms with Crippen molar-refractivity contribution < 1.29 is 18.3 Å². The summed E-state index contributed by atoms with van der Waals surface area (Å²) >= 11 is 0. The summed E-state index contributed by atoms with van der Waals surface area (Å²) in [5.41, 5.74) is 1.96. The smallest absolute Gasteiger partial charge is 0.411 e. The third kappa shape index (κ3) is 6.68. The Bertz CT molecular complexity index is 903. The van der Waals surface area contributed by atoms with Crippen LogP contribution in [0.4, 0.5) is 25.0 Å². The van der Waals surface area contributed by atoms with E-state index in [0.717, 1.165) is 23.7 Å². The van der Waals surface area contributed by atoms with Gasteiger partial charge in [0.2, 0.25) is 0 Å². The Morgan fingerprint density at radius 2 is 1.77 bits per heavy atom. The van der Waals surface area contributed by atoms with Gasteiger partial charge < -0.3 is 19.9 Å². The molecule has 0 unspecified atom stereocenters. The molecule has 0 radical (unpaired) electrons. The predicted octanol–water partition coefficient (Wildman–Crippen LogP) is 3.66. The number of ether oxygens (including phenoxy) is 1. The molecule has 0 saturated carbocycles. The molecule has 0 aliphatic carbocycles. The Labute approximate surface area is 197 Å². The van der Waals surface area contributed by atoms with Gasteiger partial charge in [-0.3, -0.25) is 10.3 Å². The average Bonchev–Trinajstić information content (AvgIpc) is 2.77. The van der Waals surface area contributed by atoms with Gasteiger partial charge in [-0.05, 0) is 29.8 Å². The van der Waals surface area contributed by atoms with Gasteiger partial charge in [-0.15, -0.1) is 24.0 Å². The summed E-state index contributed by atoms with van der Waals surface area (Å²) in [5.74, 6) is -0.122. The van der Waals surface area contributed by atoms with Gasteiger partial charge in [0.05, 0.1) is 12.8 Å². The maximum Gasteiger partial charge on any atom is 0.411 e. The highest BCUT2D eigenvalue weighted by Crippen LogP contribution is 2.22. The second kappa shape index (κ2) is 11.7. The van der Waals surface area contributed by atoms with Crippen molar-refractivity contribution in [1.82, 2.24) is 10.2 Å². The van der Waals surface area contributed by atoms with Crippen molar-refractivity contribution in [2.75, 3.05) is 50.6 Å². The van der Waals surface area contributed by atoms with Gasteiger partial charge in [-0.1, -0.05) is 12.1 Å². The molecule has 1 aliphatic rings. The number of halogens is 3. The number of anilines is 2. The van der Waals surface area contributed by atoms with Crippen LogP contribution in [0.2, 0.25) is 0 Å². The number of hydrogen-bond acceptors (Lipinski definition) is 4. The number of nitrogens with one attached hydrogen (secondary N) is 2. The molecule has 7 nitrogen and oxygen atoms in total. The molecule has 31 heavy (non-hydrogen) atoms. The van der Waals surface area contributed by atoms with E-state index in [1.54, 1.807) is 19.2 Å². The van der Waals surface area contributed by atoms with Crippen LogP contribution in [0.1, 0.15) is 5.56 Å². The van der Waals surface area contributed by atoms with Gasteiger partial charge in [0.15, 0.2) is 5.96 Å². The van der Waals surface area contributed by atoms with Crippen molar-refractivity contribution in [2.24, 2.45) is 4.99 Å². The number of nitrogens with zero attached hydrogens (tertiary/aromatic N) is 3. The number of carbonyl (C=O) groups excluding carboxylic acids is 1. The average molecular weight is 545 g/mol. The van der Waals surface area contributed by atoms with Crippen LogP contribution in [0, 0.1) is 11.6 Å². The molecule has 2 aromatic rings. The van der Waals surface area contributed by atoms with Crippen molar-refractivity contribution in [3.8, 4) is 0 Å². The molecule has 0 spiro atoms. The van der Waals surface area contributed by atoms with Gasteiger partial charge >= 0.3 is 6.09 Å². The topological polar surface area (TPSA) is 69.2 Å². The molecule has 1 saturated heterocycles. The minimum atomic E-state index is -0.515. The molecule has 2 N–H and O–H groups in total. The van der Waals surface area contributed by atoms with Crippen molar-refractivity contribution in [2.45, 2.75) is 6.54 Å². The predicted molar refractivity (Wildman–Crippen MR) is 128 cm³/mol. The van der Waals surface area contributed by atoms with E-state index in [1.165, 1.54) is 13.2 Å². The van der Waals surface area contributed by atoms with E-state index in [9.17, 15) is 13.6 Å². The van der Waals surface area contributed by atoms with E-state index in [-0.39, 0.29) is 24.0 Å². The molecule has 1 amide bonds. The van der Waals surface area contributed by atoms with Gasteiger partial charge in [0, 0.05) is 51.5 Å². The summed E-state index contributed by atoms with van der Waals surface area (Å²) in [6, 6.07) is 10.9. The van der Waals surface area contributed by atoms with Crippen LogP contribution in [0.5, 0.6) is 0 Å². The van der Waals surface area contributed by atoms with Crippen molar-refractivity contribution >= 4 is 47.4 Å². The zero-order chi connectivity index (χ0) is 21.5. The molecule has 1 aliphatic heterocycles. The Balaban J connectivity index is 0.00000341. The quantitative estimate of drug-likeness (QED) is 0.349. The largest absolute Gasteiger partial charge is 0.453 e. The molecule has 10 heteroatoms. The van der Waals surface area contributed by atoms with Gasteiger partial charge in [0.25, 0.3) is 0 Å². The normalized spacial score (nSPS) is 14.0. The fourth-order valence-electron chi connectivity index (χ4n) is 3.28. The molecule has 0 bridgehead atoms. The summed E-state index contributed by atoms with van der Waals surface area (Å²) in [6.45, 7) is 2.96. The first-order valence-corrected chi connectivity index (χ1v) is 9.59. The van der Waals surface area contributed by atoms with Crippen molar-refractivity contribution in [3.05, 3.63) is 59.7 Å². The lowest BCUT2D eigenvalue weighted by Gasteiger charge is -2.37. The summed E-state index contributed by atoms with van der Waals surface area (Å²) in [6.07, 6.45) is -0.515. The number of piperazine rings is 1. The number of rotatable bonds is 4. The second-order valence-electron chi connectivity index (χ2n) is 6.78. The molecule has 1 fully saturated rings. The van der Waals surface area contributed by atoms with Crippen LogP contribution < -0.4 is 15.5 Å². The lowest BCUT2D eigenvalue weighted by atomic mass is 10.2. The van der Waals surface area contributed by atoms with E-state index >= 15 is 0 Å². The number of amides is 1. The first-order valence-electron chi connectivity index (χ1n) is 9.59. The van der Waals surface area contributed by atoms with E-state index in [0.29, 0.717) is 44.1 Å². The zero-order valence-corrected chi connectivity index (χ0v) is 19.7. The summed E-state index contributed by atoms with van der Waals surface area (Å²) in [7, 11) is 3.03. The molecule has 3 rings (SSSR count). The van der Waals surface area contributed by atoms with E-state index in [1.807, 2.05) is 17.0 Å². The van der Waals surface area contributed by atoms with Crippen LogP contribution in [0.15, 0.2) is 47.5 Å². The summed E-state index contributed by atoms with van der Waals surface area (Å²) in [5, 5.41) is 5.92. The van der Waals surface area contributed by atoms with Crippen LogP contribution in [0.25, 0.3) is 0 Å². The minimum absolute atomic E-state index is 0. The fraction of sp³-hybridized carbons (Fsp3) is 0.333. The molecule has 2 aromatic carbocycles. The highest BCUT2D eigenvalue weighted by Gasteiger charge is 2.22. The van der Waals surface area contributed by atoms with Crippen LogP contribution in [-0.2, 0) is 11.3 Å². The Morgan fingerprint density at radius 3 is 2.39 bits per heavy atom. The van der Waals surface area contributed by atoms with Crippen LogP contribution in [-0.4, -0.2) is 57.3 Å². The van der Waals surface area contributed by atoms with Crippen molar-refractivity contribution in [1.29, 1.82) is 0 Å². The maximum atomic E-state index is 14.0. The number of hydrogen-bond donors (Lipinski definition) is 2. The number of carbonyl (C=O) groups is 1. The first-order chi connectivity index (χ1) is 14.5. The lowest BCUT2D eigenvalue weighted by molar-refractivity contribution is 0.187. The van der Waals surface area contributed by atoms with Gasteiger partial charge in [-0.25, -0.2) is 13.6 Å². The molecular weight excluding hydrogens is 519 g/mol. The number of methoxy groups -OCH3 is 1. The monoisotopic (exact) mass is 545 g/mol. The molecule has 168 valence electrons. The molecule has 0 aromatic heterocycles. The molecular formula is C21H26F2IN5O2. The summed E-state index contributed by atoms with van der Waals surface area (Å²) < 4.78 is 32.1. The SMILES string of the molecule is CN=C(NCc1ccc(NC(=O)OC)cc1)N1CCN(c2cc(F)ccc2F)CC1.I. The van der Waals surface area contributed by atoms with Crippen LogP contribution >= 0.6 is 24.0 Å². The fourth-order valence-corrected chi connectivity index (χ4v) is 3.28. The number of aliphatic imine (C=N–C) groups is 1. The number of benzene rings is 2. The van der Waals surface area contributed by atoms with Gasteiger partial charge in [0.1, 0.15) is 11.6 Å². The standard InChI is InChI=1S/C21H25F2N5O2.HI/c1-24-20(25-14-15-3-6-17(7-4-15)26-21(29)30-2)28-11-9-27(10-12-28)19-13-16(22)5-8-18(19)23;/h3-8,13H,9-12,14H2,1-2H3,(H,24,25)(H,26,29);1H. The highest BCUT2D eigenvalue weighted by atomic mass is 127. The minimum Gasteiger partial charge on any atom is -0.453 e. The second-order valence-corrected chi connectivity index (χ2v) is 6.78. The Kier molecular flexibility index (Phi) is 9.28.